The summed E-state index contributed by atoms with van der Waals surface area (Å²) in [7, 11) is 0. The first-order valence-corrected chi connectivity index (χ1v) is 6.72. The van der Waals surface area contributed by atoms with Gasteiger partial charge in [0, 0.05) is 15.7 Å². The van der Waals surface area contributed by atoms with Gasteiger partial charge >= 0.3 is 5.56 Å². The molecule has 0 saturated carbocycles. The maximum Gasteiger partial charge on any atom is 0.301 e. The lowest BCUT2D eigenvalue weighted by Crippen LogP contribution is -2.40. The van der Waals surface area contributed by atoms with Crippen molar-refractivity contribution in [3.05, 3.63) is 68.4 Å². The molecule has 3 rings (SSSR count). The van der Waals surface area contributed by atoms with Crippen LogP contribution in [0.2, 0.25) is 10.0 Å². The Balaban J connectivity index is 2.50. The van der Waals surface area contributed by atoms with Gasteiger partial charge in [-0.1, -0.05) is 23.2 Å². The lowest BCUT2D eigenvalue weighted by atomic mass is 10.2. The van der Waals surface area contributed by atoms with Crippen LogP contribution in [-0.2, 0) is 0 Å². The summed E-state index contributed by atoms with van der Waals surface area (Å²) in [5.41, 5.74) is 0.0486. The van der Waals surface area contributed by atoms with Gasteiger partial charge in [0.1, 0.15) is 5.52 Å². The van der Waals surface area contributed by atoms with E-state index in [0.29, 0.717) is 26.0 Å². The number of hydrogen-bond acceptors (Lipinski definition) is 3. The fourth-order valence-corrected chi connectivity index (χ4v) is 2.42. The first kappa shape index (κ1) is 13.7. The van der Waals surface area contributed by atoms with E-state index in [9.17, 15) is 10.0 Å². The second kappa shape index (κ2) is 4.95. The highest BCUT2D eigenvalue weighted by atomic mass is 35.5. The number of fused-ring (bicyclic) bond motifs is 1. The highest BCUT2D eigenvalue weighted by Crippen LogP contribution is 2.20. The van der Waals surface area contributed by atoms with E-state index in [0.717, 1.165) is 0 Å². The van der Waals surface area contributed by atoms with Crippen LogP contribution in [0.1, 0.15) is 0 Å². The molecule has 21 heavy (non-hydrogen) atoms. The third-order valence-electron chi connectivity index (χ3n) is 3.11. The van der Waals surface area contributed by atoms with Gasteiger partial charge in [-0.3, -0.25) is 14.8 Å². The number of nitrogens with zero attached hydrogens (tertiary/aromatic N) is 2. The number of benzene rings is 2. The van der Waals surface area contributed by atoms with Crippen molar-refractivity contribution < 1.29 is 5.21 Å². The summed E-state index contributed by atoms with van der Waals surface area (Å²) < 4.78 is 1.85. The zero-order chi connectivity index (χ0) is 15.1. The van der Waals surface area contributed by atoms with E-state index in [1.165, 1.54) is 10.6 Å². The highest BCUT2D eigenvalue weighted by molar-refractivity contribution is 6.31. The van der Waals surface area contributed by atoms with Crippen molar-refractivity contribution in [1.29, 1.82) is 5.41 Å². The second-order valence-electron chi connectivity index (χ2n) is 4.41. The molecule has 7 heteroatoms. The van der Waals surface area contributed by atoms with Crippen LogP contribution in [0.5, 0.6) is 0 Å². The van der Waals surface area contributed by atoms with E-state index in [1.807, 2.05) is 0 Å². The average Bonchev–Trinajstić information content (AvgIpc) is 2.48. The van der Waals surface area contributed by atoms with Crippen LogP contribution in [0.15, 0.2) is 47.3 Å². The van der Waals surface area contributed by atoms with Crippen LogP contribution in [0.4, 0.5) is 0 Å². The van der Waals surface area contributed by atoms with Gasteiger partial charge in [0.05, 0.1) is 5.52 Å². The minimum atomic E-state index is -0.644. The molecule has 0 saturated heterocycles. The van der Waals surface area contributed by atoms with Gasteiger partial charge in [0.25, 0.3) is 0 Å². The Labute approximate surface area is 128 Å². The average molecular weight is 322 g/mol. The van der Waals surface area contributed by atoms with E-state index in [4.69, 9.17) is 28.6 Å². The fraction of sp³-hybridized carbons (Fsp3) is 0. The molecular weight excluding hydrogens is 313 g/mol. The zero-order valence-corrected chi connectivity index (χ0v) is 12.1. The van der Waals surface area contributed by atoms with Gasteiger partial charge in [-0.2, -0.15) is 4.73 Å². The molecule has 3 aromatic rings. The predicted molar refractivity (Wildman–Crippen MR) is 80.6 cm³/mol. The molecule has 0 spiro atoms. The van der Waals surface area contributed by atoms with Gasteiger partial charge in [-0.05, 0) is 42.5 Å². The molecule has 0 aliphatic carbocycles. The molecule has 0 unspecified atom stereocenters. The van der Waals surface area contributed by atoms with Crippen molar-refractivity contribution in [1.82, 2.24) is 9.30 Å². The maximum atomic E-state index is 12.3. The number of rotatable bonds is 1. The Kier molecular flexibility index (Phi) is 3.23. The maximum absolute atomic E-state index is 12.3. The van der Waals surface area contributed by atoms with Crippen molar-refractivity contribution in [3.8, 4) is 5.69 Å². The smallest absolute Gasteiger partial charge is 0.301 e. The summed E-state index contributed by atoms with van der Waals surface area (Å²) in [6, 6.07) is 11.3. The monoisotopic (exact) mass is 321 g/mol. The molecule has 5 nitrogen and oxygen atoms in total. The quantitative estimate of drug-likeness (QED) is 0.676. The van der Waals surface area contributed by atoms with Gasteiger partial charge in [-0.15, -0.1) is 0 Å². The number of hydrogen-bond donors (Lipinski definition) is 2. The molecule has 1 aromatic heterocycles. The second-order valence-corrected chi connectivity index (χ2v) is 5.28. The van der Waals surface area contributed by atoms with Crippen LogP contribution in [0.3, 0.4) is 0 Å². The van der Waals surface area contributed by atoms with E-state index in [-0.39, 0.29) is 5.52 Å². The molecule has 0 aliphatic heterocycles. The largest absolute Gasteiger partial charge is 0.426 e. The standard InChI is InChI=1S/C14H9Cl2N3O2/c15-8-1-4-10(5-2-8)18-11-6-3-9(16)7-12(11)19(21)13(17)14(18)20/h1-7,17,21H. The van der Waals surface area contributed by atoms with Gasteiger partial charge in [0.15, 0.2) is 0 Å². The van der Waals surface area contributed by atoms with E-state index in [2.05, 4.69) is 0 Å². The number of nitrogens with one attached hydrogen (secondary N) is 1. The Morgan fingerprint density at radius 1 is 0.952 bits per heavy atom. The SMILES string of the molecule is N=c1c(=O)n(-c2ccc(Cl)cc2)c2ccc(Cl)cc2n1O. The molecule has 2 aromatic carbocycles. The summed E-state index contributed by atoms with van der Waals surface area (Å²) in [6.07, 6.45) is 0. The molecule has 0 bridgehead atoms. The molecule has 106 valence electrons. The third-order valence-corrected chi connectivity index (χ3v) is 3.60. The van der Waals surface area contributed by atoms with Gasteiger partial charge in [0.2, 0.25) is 5.49 Å². The minimum absolute atomic E-state index is 0.266. The number of halogens is 2. The summed E-state index contributed by atoms with van der Waals surface area (Å²) in [5.74, 6) is 0. The third kappa shape index (κ3) is 2.20. The topological polar surface area (TPSA) is 71.0 Å². The normalized spacial score (nSPS) is 11.0. The lowest BCUT2D eigenvalue weighted by Gasteiger charge is -2.12. The van der Waals surface area contributed by atoms with E-state index >= 15 is 0 Å². The van der Waals surface area contributed by atoms with Crippen LogP contribution in [0, 0.1) is 5.41 Å². The molecule has 2 N–H and O–H groups in total. The van der Waals surface area contributed by atoms with Crippen molar-refractivity contribution in [2.24, 2.45) is 0 Å². The van der Waals surface area contributed by atoms with E-state index in [1.54, 1.807) is 36.4 Å². The highest BCUT2D eigenvalue weighted by Gasteiger charge is 2.12. The van der Waals surface area contributed by atoms with Crippen LogP contribution >= 0.6 is 23.2 Å². The Morgan fingerprint density at radius 2 is 1.57 bits per heavy atom. The Hall–Kier alpha value is -2.24. The minimum Gasteiger partial charge on any atom is -0.426 e. The fourth-order valence-electron chi connectivity index (χ4n) is 2.13. The predicted octanol–water partition coefficient (Wildman–Crippen LogP) is 2.82. The first-order chi connectivity index (χ1) is 9.99. The summed E-state index contributed by atoms with van der Waals surface area (Å²) >= 11 is 11.8. The Bertz CT molecular complexity index is 959. The van der Waals surface area contributed by atoms with Crippen molar-refractivity contribution in [2.45, 2.75) is 0 Å². The van der Waals surface area contributed by atoms with Crippen molar-refractivity contribution in [3.63, 3.8) is 0 Å². The lowest BCUT2D eigenvalue weighted by molar-refractivity contribution is 0.181. The zero-order valence-electron chi connectivity index (χ0n) is 10.5. The number of aromatic nitrogens is 2. The van der Waals surface area contributed by atoms with Gasteiger partial charge < -0.3 is 5.21 Å². The van der Waals surface area contributed by atoms with E-state index < -0.39 is 11.0 Å². The molecule has 0 fully saturated rings. The molecule has 0 aliphatic rings. The summed E-state index contributed by atoms with van der Waals surface area (Å²) in [6.45, 7) is 0. The van der Waals surface area contributed by atoms with Gasteiger partial charge in [-0.25, -0.2) is 0 Å². The Morgan fingerprint density at radius 3 is 2.24 bits per heavy atom. The molecular formula is C14H9Cl2N3O2. The van der Waals surface area contributed by atoms with Crippen LogP contribution in [-0.4, -0.2) is 14.5 Å². The van der Waals surface area contributed by atoms with Crippen molar-refractivity contribution >= 4 is 34.2 Å². The molecule has 1 heterocycles. The van der Waals surface area contributed by atoms with Crippen molar-refractivity contribution in [2.75, 3.05) is 0 Å². The summed E-state index contributed by atoms with van der Waals surface area (Å²) in [4.78, 5) is 12.3. The van der Waals surface area contributed by atoms with Crippen LogP contribution in [0.25, 0.3) is 16.7 Å². The molecule has 0 atom stereocenters. The van der Waals surface area contributed by atoms with Crippen LogP contribution < -0.4 is 11.0 Å². The molecule has 0 radical (unpaired) electrons. The first-order valence-electron chi connectivity index (χ1n) is 5.96. The summed E-state index contributed by atoms with van der Waals surface area (Å²) in [5, 5.41) is 18.6. The molecule has 0 amide bonds.